The summed E-state index contributed by atoms with van der Waals surface area (Å²) in [6, 6.07) is 0.560. The van der Waals surface area contributed by atoms with Crippen molar-refractivity contribution in [3.05, 3.63) is 16.6 Å². The summed E-state index contributed by atoms with van der Waals surface area (Å²) in [7, 11) is -1.16. The maximum absolute atomic E-state index is 12.8. The van der Waals surface area contributed by atoms with Crippen molar-refractivity contribution >= 4 is 21.5 Å². The first kappa shape index (κ1) is 17.8. The third-order valence-electron chi connectivity index (χ3n) is 5.89. The molecule has 0 radical (unpaired) electrons. The van der Waals surface area contributed by atoms with Gasteiger partial charge in [-0.3, -0.25) is 4.90 Å². The second-order valence-electron chi connectivity index (χ2n) is 7.34. The van der Waals surface area contributed by atoms with Gasteiger partial charge in [0.1, 0.15) is 5.01 Å². The lowest BCUT2D eigenvalue weighted by Crippen LogP contribution is -2.51. The molecule has 0 N–H and O–H groups in total. The maximum atomic E-state index is 12.8. The Balaban J connectivity index is 1.33. The number of rotatable bonds is 5. The third kappa shape index (κ3) is 3.50. The Bertz CT molecular complexity index is 680. The van der Waals surface area contributed by atoms with Crippen LogP contribution < -0.4 is 0 Å². The van der Waals surface area contributed by atoms with Crippen molar-refractivity contribution in [1.29, 1.82) is 0 Å². The zero-order chi connectivity index (χ0) is 17.5. The molecule has 2 saturated heterocycles. The van der Waals surface area contributed by atoms with E-state index in [1.54, 1.807) is 19.9 Å². The largest absolute Gasteiger partial charge is 0.379 e. The quantitative estimate of drug-likeness (QED) is 0.756. The van der Waals surface area contributed by atoms with Crippen LogP contribution in [0.25, 0.3) is 0 Å². The van der Waals surface area contributed by atoms with Crippen LogP contribution >= 0.6 is 11.3 Å². The van der Waals surface area contributed by atoms with Crippen LogP contribution in [0.1, 0.15) is 24.3 Å². The summed E-state index contributed by atoms with van der Waals surface area (Å²) in [5.41, 5.74) is 0.309. The number of nitrogens with zero attached hydrogens (tertiary/aromatic N) is 4. The van der Waals surface area contributed by atoms with Crippen LogP contribution in [0.3, 0.4) is 0 Å². The van der Waals surface area contributed by atoms with Crippen molar-refractivity contribution in [2.24, 2.45) is 5.41 Å². The zero-order valence-corrected chi connectivity index (χ0v) is 16.3. The molecule has 4 rings (SSSR count). The Morgan fingerprint density at radius 1 is 1.28 bits per heavy atom. The van der Waals surface area contributed by atoms with E-state index in [-0.39, 0.29) is 0 Å². The Labute approximate surface area is 153 Å². The molecule has 2 aliphatic heterocycles. The Morgan fingerprint density at radius 3 is 2.60 bits per heavy atom. The standard InChI is InChI=1S/C16H26N4O3S2/c1-18(13-15-17-4-11-24-15)14-12-16(14)2-5-19(6-3-16)25(21,22)20-7-9-23-10-8-20/h4,11,14H,2-3,5-10,12-13H2,1H3/t14-/m1/s1. The highest BCUT2D eigenvalue weighted by molar-refractivity contribution is 7.86. The van der Waals surface area contributed by atoms with Gasteiger partial charge in [-0.1, -0.05) is 0 Å². The molecule has 3 heterocycles. The number of thiazole rings is 1. The van der Waals surface area contributed by atoms with Gasteiger partial charge >= 0.3 is 0 Å². The molecule has 1 aromatic heterocycles. The summed E-state index contributed by atoms with van der Waals surface area (Å²) >= 11 is 1.70. The van der Waals surface area contributed by atoms with Crippen LogP contribution in [0.2, 0.25) is 0 Å². The number of aromatic nitrogens is 1. The van der Waals surface area contributed by atoms with Gasteiger partial charge in [0.25, 0.3) is 10.2 Å². The predicted octanol–water partition coefficient (Wildman–Crippen LogP) is 1.01. The van der Waals surface area contributed by atoms with E-state index in [9.17, 15) is 8.42 Å². The molecule has 1 aromatic rings. The fourth-order valence-electron chi connectivity index (χ4n) is 4.24. The van der Waals surface area contributed by atoms with Crippen LogP contribution in [0.5, 0.6) is 0 Å². The number of piperidine rings is 1. The van der Waals surface area contributed by atoms with E-state index >= 15 is 0 Å². The summed E-state index contributed by atoms with van der Waals surface area (Å²) in [5, 5.41) is 3.16. The van der Waals surface area contributed by atoms with Crippen molar-refractivity contribution in [2.75, 3.05) is 46.4 Å². The summed E-state index contributed by atoms with van der Waals surface area (Å²) in [4.78, 5) is 6.76. The lowest BCUT2D eigenvalue weighted by atomic mass is 9.93. The Hall–Kier alpha value is -0.580. The second-order valence-corrected chi connectivity index (χ2v) is 10.2. The fraction of sp³-hybridized carbons (Fsp3) is 0.812. The molecule has 0 unspecified atom stereocenters. The van der Waals surface area contributed by atoms with Gasteiger partial charge < -0.3 is 4.74 Å². The van der Waals surface area contributed by atoms with Crippen molar-refractivity contribution in [3.63, 3.8) is 0 Å². The average molecular weight is 387 g/mol. The van der Waals surface area contributed by atoms with E-state index in [1.807, 2.05) is 11.6 Å². The molecule has 0 bridgehead atoms. The first-order valence-electron chi connectivity index (χ1n) is 8.93. The normalized spacial score (nSPS) is 27.8. The zero-order valence-electron chi connectivity index (χ0n) is 14.6. The molecule has 0 aromatic carbocycles. The lowest BCUT2D eigenvalue weighted by molar-refractivity contribution is 0.0688. The number of ether oxygens (including phenoxy) is 1. The topological polar surface area (TPSA) is 66.0 Å². The number of hydrogen-bond donors (Lipinski definition) is 0. The van der Waals surface area contributed by atoms with Gasteiger partial charge in [0.15, 0.2) is 0 Å². The summed E-state index contributed by atoms with van der Waals surface area (Å²) in [6.07, 6.45) is 4.96. The monoisotopic (exact) mass is 386 g/mol. The molecular weight excluding hydrogens is 360 g/mol. The molecule has 1 atom stereocenters. The SMILES string of the molecule is CN(Cc1nccs1)[C@@H]1CC12CCN(S(=O)(=O)N1CCOCC1)CC2. The van der Waals surface area contributed by atoms with Gasteiger partial charge in [-0.15, -0.1) is 11.3 Å². The molecule has 0 amide bonds. The van der Waals surface area contributed by atoms with Gasteiger partial charge in [-0.2, -0.15) is 17.0 Å². The van der Waals surface area contributed by atoms with Gasteiger partial charge in [0, 0.05) is 43.8 Å². The summed E-state index contributed by atoms with van der Waals surface area (Å²) < 4.78 is 34.1. The first-order chi connectivity index (χ1) is 12.0. The van der Waals surface area contributed by atoms with E-state index in [0.717, 1.165) is 24.4 Å². The molecule has 7 nitrogen and oxygen atoms in total. The molecule has 1 spiro atoms. The number of morpholine rings is 1. The Morgan fingerprint density at radius 2 is 1.96 bits per heavy atom. The minimum absolute atomic E-state index is 0.309. The van der Waals surface area contributed by atoms with E-state index in [1.165, 1.54) is 6.42 Å². The van der Waals surface area contributed by atoms with Crippen molar-refractivity contribution in [2.45, 2.75) is 31.8 Å². The van der Waals surface area contributed by atoms with Crippen molar-refractivity contribution in [3.8, 4) is 0 Å². The van der Waals surface area contributed by atoms with E-state index < -0.39 is 10.2 Å². The summed E-state index contributed by atoms with van der Waals surface area (Å²) in [6.45, 7) is 4.12. The van der Waals surface area contributed by atoms with E-state index in [4.69, 9.17) is 4.74 Å². The average Bonchev–Trinajstić information content (AvgIpc) is 3.07. The molecule has 1 aliphatic carbocycles. The van der Waals surface area contributed by atoms with E-state index in [0.29, 0.717) is 50.8 Å². The molecular formula is C16H26N4O3S2. The van der Waals surface area contributed by atoms with Crippen LogP contribution in [0, 0.1) is 5.41 Å². The van der Waals surface area contributed by atoms with Gasteiger partial charge in [-0.05, 0) is 31.7 Å². The third-order valence-corrected chi connectivity index (χ3v) is 8.69. The van der Waals surface area contributed by atoms with E-state index in [2.05, 4.69) is 16.9 Å². The molecule has 9 heteroatoms. The molecule has 3 aliphatic rings. The maximum Gasteiger partial charge on any atom is 0.282 e. The minimum Gasteiger partial charge on any atom is -0.379 e. The lowest BCUT2D eigenvalue weighted by Gasteiger charge is -2.37. The smallest absolute Gasteiger partial charge is 0.282 e. The first-order valence-corrected chi connectivity index (χ1v) is 11.2. The highest BCUT2D eigenvalue weighted by Crippen LogP contribution is 2.56. The fourth-order valence-corrected chi connectivity index (χ4v) is 6.50. The Kier molecular flexibility index (Phi) is 4.89. The molecule has 25 heavy (non-hydrogen) atoms. The van der Waals surface area contributed by atoms with Crippen LogP contribution in [-0.2, 0) is 21.5 Å². The number of hydrogen-bond acceptors (Lipinski definition) is 6. The van der Waals surface area contributed by atoms with Crippen LogP contribution in [-0.4, -0.2) is 79.4 Å². The van der Waals surface area contributed by atoms with Crippen molar-refractivity contribution in [1.82, 2.24) is 18.5 Å². The van der Waals surface area contributed by atoms with Crippen LogP contribution in [0.4, 0.5) is 0 Å². The van der Waals surface area contributed by atoms with Gasteiger partial charge in [0.2, 0.25) is 0 Å². The second kappa shape index (κ2) is 6.86. The highest BCUT2D eigenvalue weighted by atomic mass is 32.2. The van der Waals surface area contributed by atoms with Crippen molar-refractivity contribution < 1.29 is 13.2 Å². The highest BCUT2D eigenvalue weighted by Gasteiger charge is 2.57. The molecule has 3 fully saturated rings. The predicted molar refractivity (Wildman–Crippen MR) is 96.5 cm³/mol. The van der Waals surface area contributed by atoms with Gasteiger partial charge in [0.05, 0.1) is 19.8 Å². The summed E-state index contributed by atoms with van der Waals surface area (Å²) in [5.74, 6) is 0. The van der Waals surface area contributed by atoms with Crippen LogP contribution in [0.15, 0.2) is 11.6 Å². The van der Waals surface area contributed by atoms with Gasteiger partial charge in [-0.25, -0.2) is 4.98 Å². The minimum atomic E-state index is -3.32. The molecule has 1 saturated carbocycles. The molecule has 140 valence electrons.